The van der Waals surface area contributed by atoms with Crippen LogP contribution in [0, 0.1) is 0 Å². The average Bonchev–Trinajstić information content (AvgIpc) is 2.86. The highest BCUT2D eigenvalue weighted by Crippen LogP contribution is 2.09. The highest BCUT2D eigenvalue weighted by atomic mass is 13.9. The number of allylic oxidation sites excluding steroid dienone is 26. The summed E-state index contributed by atoms with van der Waals surface area (Å²) in [5.41, 5.74) is 10.5. The minimum Gasteiger partial charge on any atom is -0.0856 e. The van der Waals surface area contributed by atoms with Gasteiger partial charge in [0, 0.05) is 0 Å². The molecule has 0 fully saturated rings. The molecule has 0 bridgehead atoms. The maximum Gasteiger partial charge on any atom is -0.0285 e. The van der Waals surface area contributed by atoms with Crippen LogP contribution in [0.25, 0.3) is 0 Å². The summed E-state index contributed by atoms with van der Waals surface area (Å²) in [5, 5.41) is 0. The number of rotatable bonds is 16. The van der Waals surface area contributed by atoms with Gasteiger partial charge in [0.2, 0.25) is 0 Å². The molecule has 40 heavy (non-hydrogen) atoms. The Hall–Kier alpha value is -3.38. The first-order chi connectivity index (χ1) is 19.0. The Labute approximate surface area is 248 Å². The summed E-state index contributed by atoms with van der Waals surface area (Å²) in [6.45, 7) is 21.5. The van der Waals surface area contributed by atoms with E-state index in [-0.39, 0.29) is 0 Å². The van der Waals surface area contributed by atoms with E-state index >= 15 is 0 Å². The molecular weight excluding hydrogens is 480 g/mol. The maximum absolute atomic E-state index is 2.30. The van der Waals surface area contributed by atoms with Crippen LogP contribution < -0.4 is 0 Å². The smallest absolute Gasteiger partial charge is 0.0285 e. The summed E-state index contributed by atoms with van der Waals surface area (Å²) >= 11 is 0. The minimum atomic E-state index is 1.12. The fourth-order valence-electron chi connectivity index (χ4n) is 3.41. The van der Waals surface area contributed by atoms with Crippen LogP contribution in [0.15, 0.2) is 154 Å². The molecule has 0 spiro atoms. The van der Waals surface area contributed by atoms with Crippen molar-refractivity contribution in [3.05, 3.63) is 154 Å². The van der Waals surface area contributed by atoms with Crippen LogP contribution in [0.4, 0.5) is 0 Å². The largest absolute Gasteiger partial charge is 0.0856 e. The van der Waals surface area contributed by atoms with Gasteiger partial charge >= 0.3 is 0 Å². The molecule has 0 atom stereocenters. The van der Waals surface area contributed by atoms with Crippen LogP contribution in [0.2, 0.25) is 0 Å². The fourth-order valence-corrected chi connectivity index (χ4v) is 3.41. The predicted molar refractivity (Wildman–Crippen MR) is 186 cm³/mol. The molecule has 0 radical (unpaired) electrons. The van der Waals surface area contributed by atoms with Gasteiger partial charge in [0.05, 0.1) is 0 Å². The van der Waals surface area contributed by atoms with E-state index < -0.39 is 0 Å². The maximum atomic E-state index is 2.30. The monoisotopic (exact) mass is 536 g/mol. The summed E-state index contributed by atoms with van der Waals surface area (Å²) in [5.74, 6) is 0. The fraction of sp³-hybridized carbons (Fsp3) is 0.350. The van der Waals surface area contributed by atoms with Gasteiger partial charge in [-0.05, 0) is 94.9 Å². The molecule has 0 amide bonds. The zero-order valence-electron chi connectivity index (χ0n) is 27.2. The SMILES string of the molecule is CC(C)=CCC/C(C)=C/C=C\C(C)=C\C=C\C(C)=C\C=C\C=C(C)\C=C\C=C(C)\C=C\C=C(/C)CCC=C(C)C. The molecule has 0 nitrogen and oxygen atoms in total. The molecule has 0 aromatic rings. The first kappa shape index (κ1) is 36.6. The Balaban J connectivity index is 4.70. The van der Waals surface area contributed by atoms with E-state index in [0.29, 0.717) is 0 Å². The third-order valence-electron chi connectivity index (χ3n) is 5.93. The second-order valence-corrected chi connectivity index (χ2v) is 11.1. The van der Waals surface area contributed by atoms with Gasteiger partial charge < -0.3 is 0 Å². The minimum absolute atomic E-state index is 1.12. The topological polar surface area (TPSA) is 0 Å². The second-order valence-electron chi connectivity index (χ2n) is 11.1. The molecule has 0 unspecified atom stereocenters. The van der Waals surface area contributed by atoms with E-state index in [4.69, 9.17) is 0 Å². The number of hydrogen-bond donors (Lipinski definition) is 0. The standard InChI is InChI=1S/C40H56/c1-33(2)19-13-23-37(7)27-17-31-39(9)29-15-25-35(5)21-11-12-22-36(6)26-16-30-40(10)32-18-28-38(8)24-14-20-34(3)4/h11-12,15-22,25-32H,13-14,23-24H2,1-10H3/b12-11+,25-15+,26-16+,31-17-,32-18+,35-21+,36-22+,37-27+,38-28+,39-29+,40-30+. The summed E-state index contributed by atoms with van der Waals surface area (Å²) in [4.78, 5) is 0. The normalized spacial score (nSPS) is 15.1. The van der Waals surface area contributed by atoms with Gasteiger partial charge in [0.15, 0.2) is 0 Å². The van der Waals surface area contributed by atoms with Crippen LogP contribution >= 0.6 is 0 Å². The van der Waals surface area contributed by atoms with Gasteiger partial charge in [-0.1, -0.05) is 154 Å². The van der Waals surface area contributed by atoms with Gasteiger partial charge in [-0.15, -0.1) is 0 Å². The van der Waals surface area contributed by atoms with Crippen LogP contribution in [0.5, 0.6) is 0 Å². The molecule has 0 rings (SSSR count). The molecule has 216 valence electrons. The van der Waals surface area contributed by atoms with Crippen LogP contribution in [-0.2, 0) is 0 Å². The Morgan fingerprint density at radius 2 is 0.625 bits per heavy atom. The number of hydrogen-bond acceptors (Lipinski definition) is 0. The molecule has 0 saturated carbocycles. The van der Waals surface area contributed by atoms with Gasteiger partial charge in [0.1, 0.15) is 0 Å². The second kappa shape index (κ2) is 23.5. The quantitative estimate of drug-likeness (QED) is 0.136. The molecule has 0 aromatic carbocycles. The predicted octanol–water partition coefficient (Wildman–Crippen LogP) is 12.9. The molecule has 0 heterocycles. The molecule has 0 N–H and O–H groups in total. The summed E-state index contributed by atoms with van der Waals surface area (Å²) in [7, 11) is 0. The Morgan fingerprint density at radius 1 is 0.350 bits per heavy atom. The first-order valence-corrected chi connectivity index (χ1v) is 14.7. The van der Waals surface area contributed by atoms with Crippen molar-refractivity contribution in [3.8, 4) is 0 Å². The van der Waals surface area contributed by atoms with Gasteiger partial charge in [-0.3, -0.25) is 0 Å². The lowest BCUT2D eigenvalue weighted by atomic mass is 10.1. The van der Waals surface area contributed by atoms with Gasteiger partial charge in [-0.25, -0.2) is 0 Å². The average molecular weight is 537 g/mol. The Bertz CT molecular complexity index is 1050. The van der Waals surface area contributed by atoms with Crippen molar-refractivity contribution in [2.45, 2.75) is 94.9 Å². The van der Waals surface area contributed by atoms with E-state index in [1.54, 1.807) is 0 Å². The van der Waals surface area contributed by atoms with Gasteiger partial charge in [-0.2, -0.15) is 0 Å². The van der Waals surface area contributed by atoms with Crippen molar-refractivity contribution in [1.82, 2.24) is 0 Å². The zero-order chi connectivity index (χ0) is 30.2. The molecular formula is C40H56. The van der Waals surface area contributed by atoms with Crippen LogP contribution in [0.3, 0.4) is 0 Å². The third-order valence-corrected chi connectivity index (χ3v) is 5.93. The van der Waals surface area contributed by atoms with Crippen molar-refractivity contribution in [2.75, 3.05) is 0 Å². The summed E-state index contributed by atoms with van der Waals surface area (Å²) < 4.78 is 0. The van der Waals surface area contributed by atoms with Crippen molar-refractivity contribution < 1.29 is 0 Å². The Kier molecular flexibility index (Phi) is 21.5. The first-order valence-electron chi connectivity index (χ1n) is 14.7. The summed E-state index contributed by atoms with van der Waals surface area (Å²) in [6, 6.07) is 0. The third kappa shape index (κ3) is 24.9. The molecule has 0 aliphatic carbocycles. The van der Waals surface area contributed by atoms with Crippen molar-refractivity contribution in [2.24, 2.45) is 0 Å². The van der Waals surface area contributed by atoms with E-state index in [0.717, 1.165) is 25.7 Å². The summed E-state index contributed by atoms with van der Waals surface area (Å²) in [6.07, 6.45) is 43.3. The van der Waals surface area contributed by atoms with E-state index in [1.165, 1.54) is 44.6 Å². The van der Waals surface area contributed by atoms with Crippen LogP contribution in [-0.4, -0.2) is 0 Å². The molecule has 0 aliphatic rings. The van der Waals surface area contributed by atoms with E-state index in [2.05, 4.69) is 179 Å². The highest BCUT2D eigenvalue weighted by Gasteiger charge is 1.88. The van der Waals surface area contributed by atoms with Crippen molar-refractivity contribution >= 4 is 0 Å². The van der Waals surface area contributed by atoms with Crippen molar-refractivity contribution in [3.63, 3.8) is 0 Å². The van der Waals surface area contributed by atoms with Gasteiger partial charge in [0.25, 0.3) is 0 Å². The zero-order valence-corrected chi connectivity index (χ0v) is 27.2. The molecule has 0 aliphatic heterocycles. The molecule has 0 heteroatoms. The molecule has 0 saturated heterocycles. The highest BCUT2D eigenvalue weighted by molar-refractivity contribution is 5.32. The lowest BCUT2D eigenvalue weighted by Crippen LogP contribution is -1.76. The molecule has 0 aromatic heterocycles. The van der Waals surface area contributed by atoms with Crippen molar-refractivity contribution in [1.29, 1.82) is 0 Å². The lowest BCUT2D eigenvalue weighted by Gasteiger charge is -1.96. The van der Waals surface area contributed by atoms with E-state index in [1.807, 2.05) is 0 Å². The Morgan fingerprint density at radius 3 is 0.925 bits per heavy atom. The van der Waals surface area contributed by atoms with E-state index in [9.17, 15) is 0 Å². The lowest BCUT2D eigenvalue weighted by molar-refractivity contribution is 0.967. The van der Waals surface area contributed by atoms with Crippen LogP contribution in [0.1, 0.15) is 94.9 Å².